The highest BCUT2D eigenvalue weighted by Crippen LogP contribution is 2.20. The summed E-state index contributed by atoms with van der Waals surface area (Å²) in [5, 5.41) is 7.04. The van der Waals surface area contributed by atoms with Crippen LogP contribution in [0.15, 0.2) is 35.3 Å². The third-order valence-electron chi connectivity index (χ3n) is 4.58. The van der Waals surface area contributed by atoms with Gasteiger partial charge >= 0.3 is 0 Å². The largest absolute Gasteiger partial charge is 0.371 e. The van der Waals surface area contributed by atoms with Gasteiger partial charge in [-0.3, -0.25) is 4.99 Å². The maximum atomic E-state index is 4.37. The summed E-state index contributed by atoms with van der Waals surface area (Å²) >= 11 is 0. The van der Waals surface area contributed by atoms with E-state index in [1.165, 1.54) is 18.5 Å². The van der Waals surface area contributed by atoms with E-state index in [4.69, 9.17) is 0 Å². The van der Waals surface area contributed by atoms with Crippen molar-refractivity contribution in [3.05, 3.63) is 30.3 Å². The molecule has 4 nitrogen and oxygen atoms in total. The first-order chi connectivity index (χ1) is 11.5. The van der Waals surface area contributed by atoms with Gasteiger partial charge in [0.2, 0.25) is 0 Å². The summed E-state index contributed by atoms with van der Waals surface area (Å²) in [5.74, 6) is 0.946. The van der Waals surface area contributed by atoms with Gasteiger partial charge in [-0.25, -0.2) is 0 Å². The number of nitrogens with zero attached hydrogens (tertiary/aromatic N) is 2. The number of aliphatic imine (C=N–C) groups is 1. The Morgan fingerprint density at radius 2 is 1.80 bits per heavy atom. The third kappa shape index (κ3) is 8.29. The monoisotopic (exact) mass is 458 g/mol. The molecule has 1 aliphatic rings. The van der Waals surface area contributed by atoms with Crippen LogP contribution in [0, 0.1) is 5.41 Å². The number of anilines is 1. The van der Waals surface area contributed by atoms with Gasteiger partial charge in [-0.1, -0.05) is 39.0 Å². The lowest BCUT2D eigenvalue weighted by molar-refractivity contribution is 0.365. The van der Waals surface area contributed by atoms with Crippen LogP contribution in [-0.2, 0) is 0 Å². The Kier molecular flexibility index (Phi) is 9.61. The quantitative estimate of drug-likeness (QED) is 0.300. The lowest BCUT2D eigenvalue weighted by Crippen LogP contribution is -2.49. The van der Waals surface area contributed by atoms with Crippen LogP contribution >= 0.6 is 24.0 Å². The molecule has 0 saturated carbocycles. The highest BCUT2D eigenvalue weighted by Gasteiger charge is 2.20. The topological polar surface area (TPSA) is 39.7 Å². The molecule has 1 heterocycles. The Labute approximate surface area is 170 Å². The lowest BCUT2D eigenvalue weighted by atomic mass is 9.91. The molecule has 0 aliphatic carbocycles. The minimum absolute atomic E-state index is 0. The number of benzene rings is 1. The molecule has 1 aromatic rings. The maximum absolute atomic E-state index is 4.37. The average Bonchev–Trinajstić information content (AvgIpc) is 2.58. The second kappa shape index (κ2) is 10.9. The number of halogens is 1. The Hall–Kier alpha value is -0.980. The van der Waals surface area contributed by atoms with Crippen LogP contribution in [0.2, 0.25) is 0 Å². The minimum Gasteiger partial charge on any atom is -0.371 e. The molecule has 25 heavy (non-hydrogen) atoms. The Morgan fingerprint density at radius 1 is 1.16 bits per heavy atom. The van der Waals surface area contributed by atoms with Crippen LogP contribution in [-0.4, -0.2) is 38.7 Å². The Balaban J connectivity index is 0.00000312. The summed E-state index contributed by atoms with van der Waals surface area (Å²) in [5.41, 5.74) is 1.74. The molecule has 1 aromatic carbocycles. The van der Waals surface area contributed by atoms with Gasteiger partial charge in [-0.05, 0) is 43.2 Å². The SMILES string of the molecule is CN=C(NCCCC(C)(C)C)NC1CCN(c2ccccc2)CC1.I. The van der Waals surface area contributed by atoms with Gasteiger partial charge < -0.3 is 15.5 Å². The summed E-state index contributed by atoms with van der Waals surface area (Å²) in [6, 6.07) is 11.2. The second-order valence-corrected chi connectivity index (χ2v) is 7.90. The summed E-state index contributed by atoms with van der Waals surface area (Å²) in [7, 11) is 1.86. The van der Waals surface area contributed by atoms with Crippen LogP contribution < -0.4 is 15.5 Å². The first-order valence-corrected chi connectivity index (χ1v) is 9.25. The highest BCUT2D eigenvalue weighted by molar-refractivity contribution is 14.0. The molecule has 1 saturated heterocycles. The van der Waals surface area contributed by atoms with Crippen LogP contribution in [0.5, 0.6) is 0 Å². The smallest absolute Gasteiger partial charge is 0.191 e. The number of piperidine rings is 1. The van der Waals surface area contributed by atoms with Gasteiger partial charge in [0.05, 0.1) is 0 Å². The van der Waals surface area contributed by atoms with Crippen molar-refractivity contribution in [3.8, 4) is 0 Å². The zero-order chi connectivity index (χ0) is 17.4. The predicted octanol–water partition coefficient (Wildman–Crippen LogP) is 4.26. The van der Waals surface area contributed by atoms with Crippen molar-refractivity contribution >= 4 is 35.6 Å². The van der Waals surface area contributed by atoms with E-state index < -0.39 is 0 Å². The third-order valence-corrected chi connectivity index (χ3v) is 4.58. The molecule has 1 aliphatic heterocycles. The molecule has 2 N–H and O–H groups in total. The molecule has 5 heteroatoms. The molecule has 0 atom stereocenters. The number of guanidine groups is 1. The van der Waals surface area contributed by atoms with Gasteiger partial charge in [0.25, 0.3) is 0 Å². The summed E-state index contributed by atoms with van der Waals surface area (Å²) in [4.78, 5) is 6.84. The fourth-order valence-corrected chi connectivity index (χ4v) is 3.13. The predicted molar refractivity (Wildman–Crippen MR) is 120 cm³/mol. The molecule has 0 spiro atoms. The Morgan fingerprint density at radius 3 is 2.36 bits per heavy atom. The summed E-state index contributed by atoms with van der Waals surface area (Å²) < 4.78 is 0. The van der Waals surface area contributed by atoms with E-state index in [0.717, 1.165) is 38.4 Å². The number of hydrogen-bond acceptors (Lipinski definition) is 2. The van der Waals surface area contributed by atoms with Crippen molar-refractivity contribution in [2.45, 2.75) is 52.5 Å². The standard InChI is InChI=1S/C20H34N4.HI/c1-20(2,3)13-8-14-22-19(21-4)23-17-11-15-24(16-12-17)18-9-6-5-7-10-18;/h5-7,9-10,17H,8,11-16H2,1-4H3,(H2,21,22,23);1H. The van der Waals surface area contributed by atoms with E-state index in [-0.39, 0.29) is 24.0 Å². The van der Waals surface area contributed by atoms with Gasteiger partial charge in [-0.2, -0.15) is 0 Å². The second-order valence-electron chi connectivity index (χ2n) is 7.90. The molecular weight excluding hydrogens is 423 g/mol. The van der Waals surface area contributed by atoms with Crippen molar-refractivity contribution in [1.29, 1.82) is 0 Å². The average molecular weight is 458 g/mol. The normalized spacial score (nSPS) is 16.3. The molecule has 0 aromatic heterocycles. The van der Waals surface area contributed by atoms with Crippen LogP contribution in [0.3, 0.4) is 0 Å². The molecule has 0 amide bonds. The Bertz CT molecular complexity index is 502. The lowest BCUT2D eigenvalue weighted by Gasteiger charge is -2.34. The summed E-state index contributed by atoms with van der Waals surface area (Å²) in [6.07, 6.45) is 4.71. The number of para-hydroxylation sites is 1. The minimum atomic E-state index is 0. The summed E-state index contributed by atoms with van der Waals surface area (Å²) in [6.45, 7) is 10.1. The molecule has 0 bridgehead atoms. The van der Waals surface area contributed by atoms with Crippen LogP contribution in [0.1, 0.15) is 46.5 Å². The first-order valence-electron chi connectivity index (χ1n) is 9.25. The van der Waals surface area contributed by atoms with Crippen molar-refractivity contribution in [1.82, 2.24) is 10.6 Å². The molecular formula is C20H35IN4. The molecule has 0 unspecified atom stereocenters. The molecule has 1 fully saturated rings. The van der Waals surface area contributed by atoms with Crippen molar-refractivity contribution in [2.24, 2.45) is 10.4 Å². The molecule has 2 rings (SSSR count). The highest BCUT2D eigenvalue weighted by atomic mass is 127. The fraction of sp³-hybridized carbons (Fsp3) is 0.650. The number of rotatable bonds is 5. The maximum Gasteiger partial charge on any atom is 0.191 e. The van der Waals surface area contributed by atoms with Crippen LogP contribution in [0.25, 0.3) is 0 Å². The zero-order valence-electron chi connectivity index (χ0n) is 16.2. The van der Waals surface area contributed by atoms with Gasteiger partial charge in [0.15, 0.2) is 5.96 Å². The first kappa shape index (κ1) is 22.1. The van der Waals surface area contributed by atoms with E-state index in [2.05, 4.69) is 71.6 Å². The molecule has 142 valence electrons. The van der Waals surface area contributed by atoms with E-state index in [0.29, 0.717) is 11.5 Å². The van der Waals surface area contributed by atoms with Crippen molar-refractivity contribution in [2.75, 3.05) is 31.6 Å². The van der Waals surface area contributed by atoms with Gasteiger partial charge in [-0.15, -0.1) is 24.0 Å². The van der Waals surface area contributed by atoms with Gasteiger partial charge in [0, 0.05) is 38.4 Å². The van der Waals surface area contributed by atoms with Crippen LogP contribution in [0.4, 0.5) is 5.69 Å². The number of hydrogen-bond donors (Lipinski definition) is 2. The molecule has 0 radical (unpaired) electrons. The zero-order valence-corrected chi connectivity index (χ0v) is 18.5. The van der Waals surface area contributed by atoms with E-state index in [1.54, 1.807) is 0 Å². The van der Waals surface area contributed by atoms with E-state index in [1.807, 2.05) is 7.05 Å². The van der Waals surface area contributed by atoms with Crippen molar-refractivity contribution < 1.29 is 0 Å². The fourth-order valence-electron chi connectivity index (χ4n) is 3.13. The number of nitrogens with one attached hydrogen (secondary N) is 2. The van der Waals surface area contributed by atoms with E-state index >= 15 is 0 Å². The van der Waals surface area contributed by atoms with Crippen molar-refractivity contribution in [3.63, 3.8) is 0 Å². The van der Waals surface area contributed by atoms with E-state index in [9.17, 15) is 0 Å². The van der Waals surface area contributed by atoms with Gasteiger partial charge in [0.1, 0.15) is 0 Å².